The number of aromatic nitrogens is 2. The van der Waals surface area contributed by atoms with Gasteiger partial charge in [0.2, 0.25) is 5.69 Å². The molecule has 0 radical (unpaired) electrons. The van der Waals surface area contributed by atoms with Gasteiger partial charge in [0, 0.05) is 28.3 Å². The summed E-state index contributed by atoms with van der Waals surface area (Å²) >= 11 is 0. The first kappa shape index (κ1) is 17.0. The maximum atomic E-state index is 4.93. The topological polar surface area (TPSA) is 16.8 Å². The Kier molecular flexibility index (Phi) is 3.59. The number of aryl methyl sites for hydroxylation is 5. The third-order valence-corrected chi connectivity index (χ3v) is 5.95. The summed E-state index contributed by atoms with van der Waals surface area (Å²) in [5, 5.41) is 0. The third-order valence-electron chi connectivity index (χ3n) is 5.95. The van der Waals surface area contributed by atoms with Gasteiger partial charge in [-0.3, -0.25) is 4.98 Å². The van der Waals surface area contributed by atoms with Crippen LogP contribution in [0.5, 0.6) is 0 Å². The number of fused-ring (bicyclic) bond motifs is 3. The lowest BCUT2D eigenvalue weighted by Crippen LogP contribution is -2.32. The summed E-state index contributed by atoms with van der Waals surface area (Å²) in [6.45, 7) is 13.3. The predicted molar refractivity (Wildman–Crippen MR) is 107 cm³/mol. The Morgan fingerprint density at radius 3 is 2.27 bits per heavy atom. The number of benzene rings is 1. The Labute approximate surface area is 156 Å². The highest BCUT2D eigenvalue weighted by atomic mass is 14.9. The molecule has 2 nitrogen and oxygen atoms in total. The molecule has 4 rings (SSSR count). The Hall–Kier alpha value is -2.48. The zero-order valence-electron chi connectivity index (χ0n) is 16.9. The molecule has 0 atom stereocenters. The van der Waals surface area contributed by atoms with Crippen molar-refractivity contribution >= 4 is 0 Å². The third kappa shape index (κ3) is 2.25. The van der Waals surface area contributed by atoms with Crippen LogP contribution in [0.15, 0.2) is 36.5 Å². The van der Waals surface area contributed by atoms with E-state index in [0.29, 0.717) is 0 Å². The molecule has 2 heteroatoms. The number of pyridine rings is 2. The molecular weight excluding hydrogens is 316 g/mol. The van der Waals surface area contributed by atoms with Crippen molar-refractivity contribution in [3.8, 4) is 22.4 Å². The molecule has 0 bridgehead atoms. The molecule has 1 aromatic carbocycles. The van der Waals surface area contributed by atoms with Crippen molar-refractivity contribution in [2.45, 2.75) is 47.0 Å². The molecule has 132 valence electrons. The summed E-state index contributed by atoms with van der Waals surface area (Å²) < 4.78 is 2.27. The summed E-state index contributed by atoms with van der Waals surface area (Å²) in [6, 6.07) is 11.2. The highest BCUT2D eigenvalue weighted by molar-refractivity contribution is 5.87. The monoisotopic (exact) mass is 343 g/mol. The molecule has 0 aliphatic heterocycles. The minimum Gasteiger partial charge on any atom is -0.257 e. The van der Waals surface area contributed by atoms with Gasteiger partial charge in [-0.2, -0.15) is 0 Å². The van der Waals surface area contributed by atoms with Gasteiger partial charge >= 0.3 is 0 Å². The average molecular weight is 343 g/mol. The van der Waals surface area contributed by atoms with Gasteiger partial charge in [0.1, 0.15) is 7.05 Å². The van der Waals surface area contributed by atoms with E-state index in [4.69, 9.17) is 4.98 Å². The summed E-state index contributed by atoms with van der Waals surface area (Å²) in [5.74, 6) is 0. The lowest BCUT2D eigenvalue weighted by atomic mass is 9.80. The minimum absolute atomic E-state index is 0.107. The zero-order valence-corrected chi connectivity index (χ0v) is 16.9. The normalized spacial score (nSPS) is 14.3. The first-order valence-electron chi connectivity index (χ1n) is 9.31. The molecule has 0 amide bonds. The van der Waals surface area contributed by atoms with E-state index in [1.807, 2.05) is 0 Å². The van der Waals surface area contributed by atoms with Crippen LogP contribution in [0.3, 0.4) is 0 Å². The van der Waals surface area contributed by atoms with Crippen LogP contribution in [-0.4, -0.2) is 4.98 Å². The van der Waals surface area contributed by atoms with E-state index in [1.165, 1.54) is 50.3 Å². The fraction of sp³-hybridized carbons (Fsp3) is 0.333. The van der Waals surface area contributed by atoms with Gasteiger partial charge in [0.05, 0.1) is 11.3 Å². The second kappa shape index (κ2) is 5.51. The maximum absolute atomic E-state index is 4.93. The first-order valence-corrected chi connectivity index (χ1v) is 9.31. The molecule has 1 aliphatic carbocycles. The van der Waals surface area contributed by atoms with Crippen molar-refractivity contribution in [1.29, 1.82) is 0 Å². The molecule has 2 aromatic heterocycles. The SMILES string of the molecule is Cc1ccc2c(n1)C(C)(C)c1c-2ccc(C)c1-c1cc(C)c(C)c[n+]1C. The van der Waals surface area contributed by atoms with E-state index in [-0.39, 0.29) is 5.41 Å². The molecule has 0 unspecified atom stereocenters. The fourth-order valence-electron chi connectivity index (χ4n) is 4.41. The van der Waals surface area contributed by atoms with E-state index < -0.39 is 0 Å². The number of rotatable bonds is 1. The van der Waals surface area contributed by atoms with Crippen LogP contribution >= 0.6 is 0 Å². The van der Waals surface area contributed by atoms with Crippen LogP contribution in [0, 0.1) is 27.7 Å². The standard InChI is InChI=1S/C24H27N2/c1-14-8-10-18-19-11-9-17(4)25-23(19)24(5,6)22(18)21(14)20-12-15(2)16(3)13-26(20)7/h8-13H,1-7H3/q+1. The van der Waals surface area contributed by atoms with Crippen LogP contribution in [0.25, 0.3) is 22.4 Å². The smallest absolute Gasteiger partial charge is 0.213 e. The number of nitrogens with zero attached hydrogens (tertiary/aromatic N) is 2. The van der Waals surface area contributed by atoms with Crippen molar-refractivity contribution in [3.05, 3.63) is 70.2 Å². The summed E-state index contributed by atoms with van der Waals surface area (Å²) in [4.78, 5) is 4.93. The second-order valence-electron chi connectivity index (χ2n) is 8.29. The lowest BCUT2D eigenvalue weighted by Gasteiger charge is -2.24. The lowest BCUT2D eigenvalue weighted by molar-refractivity contribution is -0.660. The van der Waals surface area contributed by atoms with E-state index >= 15 is 0 Å². The summed E-state index contributed by atoms with van der Waals surface area (Å²) in [6.07, 6.45) is 2.24. The van der Waals surface area contributed by atoms with Crippen molar-refractivity contribution in [3.63, 3.8) is 0 Å². The Balaban J connectivity index is 2.10. The molecule has 1 aliphatic rings. The Morgan fingerprint density at radius 2 is 1.54 bits per heavy atom. The number of hydrogen-bond donors (Lipinski definition) is 0. The average Bonchev–Trinajstić information content (AvgIpc) is 2.79. The van der Waals surface area contributed by atoms with Crippen LogP contribution in [0.4, 0.5) is 0 Å². The van der Waals surface area contributed by atoms with Crippen LogP contribution in [-0.2, 0) is 12.5 Å². The van der Waals surface area contributed by atoms with Crippen molar-refractivity contribution in [2.24, 2.45) is 7.05 Å². The second-order valence-corrected chi connectivity index (χ2v) is 8.29. The van der Waals surface area contributed by atoms with E-state index in [9.17, 15) is 0 Å². The van der Waals surface area contributed by atoms with Gasteiger partial charge in [0.15, 0.2) is 6.20 Å². The summed E-state index contributed by atoms with van der Waals surface area (Å²) in [7, 11) is 2.15. The molecule has 26 heavy (non-hydrogen) atoms. The largest absolute Gasteiger partial charge is 0.257 e. The van der Waals surface area contributed by atoms with Crippen LogP contribution < -0.4 is 4.57 Å². The zero-order chi connectivity index (χ0) is 18.8. The quantitative estimate of drug-likeness (QED) is 0.561. The highest BCUT2D eigenvalue weighted by Gasteiger charge is 2.41. The van der Waals surface area contributed by atoms with Crippen molar-refractivity contribution in [1.82, 2.24) is 4.98 Å². The number of hydrogen-bond acceptors (Lipinski definition) is 1. The van der Waals surface area contributed by atoms with Crippen LogP contribution in [0.2, 0.25) is 0 Å². The highest BCUT2D eigenvalue weighted by Crippen LogP contribution is 2.51. The van der Waals surface area contributed by atoms with E-state index in [1.54, 1.807) is 0 Å². The van der Waals surface area contributed by atoms with Crippen molar-refractivity contribution < 1.29 is 4.57 Å². The fourth-order valence-corrected chi connectivity index (χ4v) is 4.41. The molecule has 3 aromatic rings. The maximum Gasteiger partial charge on any atom is 0.213 e. The van der Waals surface area contributed by atoms with E-state index in [2.05, 4.69) is 89.7 Å². The van der Waals surface area contributed by atoms with Gasteiger partial charge in [0.25, 0.3) is 0 Å². The Morgan fingerprint density at radius 1 is 0.846 bits per heavy atom. The van der Waals surface area contributed by atoms with E-state index in [0.717, 1.165) is 5.69 Å². The molecule has 0 saturated carbocycles. The molecule has 2 heterocycles. The molecule has 0 spiro atoms. The minimum atomic E-state index is -0.107. The molecule has 0 N–H and O–H groups in total. The van der Waals surface area contributed by atoms with Gasteiger partial charge < -0.3 is 0 Å². The molecule has 0 saturated heterocycles. The summed E-state index contributed by atoms with van der Waals surface area (Å²) in [5.41, 5.74) is 12.8. The molecule has 0 fully saturated rings. The predicted octanol–water partition coefficient (Wildman–Crippen LogP) is 5.11. The van der Waals surface area contributed by atoms with Gasteiger partial charge in [-0.25, -0.2) is 4.57 Å². The first-order chi connectivity index (χ1) is 12.2. The van der Waals surface area contributed by atoms with Gasteiger partial charge in [-0.15, -0.1) is 0 Å². The van der Waals surface area contributed by atoms with Crippen molar-refractivity contribution in [2.75, 3.05) is 0 Å². The Bertz CT molecular complexity index is 1060. The van der Waals surface area contributed by atoms with Gasteiger partial charge in [-0.1, -0.05) is 32.0 Å². The molecular formula is C24H27N2+. The van der Waals surface area contributed by atoms with Crippen LogP contribution in [0.1, 0.15) is 47.5 Å². The van der Waals surface area contributed by atoms with Gasteiger partial charge in [-0.05, 0) is 56.0 Å².